The topological polar surface area (TPSA) is 83.1 Å². The first-order valence-corrected chi connectivity index (χ1v) is 9.64. The second-order valence-electron chi connectivity index (χ2n) is 6.64. The highest BCUT2D eigenvalue weighted by Crippen LogP contribution is 2.24. The summed E-state index contributed by atoms with van der Waals surface area (Å²) in [6.45, 7) is 7.72. The molecule has 3 N–H and O–H groups in total. The standard InChI is InChI=1S/C21H22N4O2S/c1-12-6-5-7-16(10-12)24-20(27)25-21-22-15(4)18(28-21)19(26)23-17-9-8-13(2)14(3)11-17/h5-11H,1-4H3,(H,23,26)(H2,22,24,25,27). The summed E-state index contributed by atoms with van der Waals surface area (Å²) >= 11 is 1.14. The van der Waals surface area contributed by atoms with Gasteiger partial charge >= 0.3 is 6.03 Å². The second-order valence-corrected chi connectivity index (χ2v) is 7.63. The number of nitrogens with zero attached hydrogens (tertiary/aromatic N) is 1. The maximum atomic E-state index is 12.6. The van der Waals surface area contributed by atoms with Crippen LogP contribution in [0.1, 0.15) is 32.1 Å². The van der Waals surface area contributed by atoms with Crippen molar-refractivity contribution in [2.75, 3.05) is 16.0 Å². The number of hydrogen-bond acceptors (Lipinski definition) is 4. The number of rotatable bonds is 4. The summed E-state index contributed by atoms with van der Waals surface area (Å²) in [5.74, 6) is -0.245. The molecule has 144 valence electrons. The Morgan fingerprint density at radius 1 is 0.857 bits per heavy atom. The zero-order valence-corrected chi connectivity index (χ0v) is 17.0. The monoisotopic (exact) mass is 394 g/mol. The minimum atomic E-state index is -0.402. The third-order valence-electron chi connectivity index (χ3n) is 4.26. The van der Waals surface area contributed by atoms with Crippen LogP contribution in [0, 0.1) is 27.7 Å². The van der Waals surface area contributed by atoms with Crippen molar-refractivity contribution in [1.82, 2.24) is 4.98 Å². The molecule has 0 saturated heterocycles. The van der Waals surface area contributed by atoms with Gasteiger partial charge in [0.1, 0.15) is 4.88 Å². The number of benzene rings is 2. The Hall–Kier alpha value is -3.19. The molecule has 28 heavy (non-hydrogen) atoms. The number of carbonyl (C=O) groups excluding carboxylic acids is 2. The van der Waals surface area contributed by atoms with Crippen molar-refractivity contribution in [2.24, 2.45) is 0 Å². The van der Waals surface area contributed by atoms with Crippen LogP contribution in [0.25, 0.3) is 0 Å². The van der Waals surface area contributed by atoms with Crippen LogP contribution in [0.4, 0.5) is 21.3 Å². The molecule has 3 rings (SSSR count). The summed E-state index contributed by atoms with van der Waals surface area (Å²) in [5, 5.41) is 8.69. The molecule has 0 radical (unpaired) electrons. The van der Waals surface area contributed by atoms with Crippen molar-refractivity contribution < 1.29 is 9.59 Å². The molecular weight excluding hydrogens is 372 g/mol. The first-order valence-electron chi connectivity index (χ1n) is 8.82. The van der Waals surface area contributed by atoms with Crippen LogP contribution in [0.2, 0.25) is 0 Å². The lowest BCUT2D eigenvalue weighted by atomic mass is 10.1. The molecule has 0 atom stereocenters. The lowest BCUT2D eigenvalue weighted by Crippen LogP contribution is -2.19. The number of amides is 3. The number of aryl methyl sites for hydroxylation is 4. The Morgan fingerprint density at radius 3 is 2.32 bits per heavy atom. The van der Waals surface area contributed by atoms with E-state index in [-0.39, 0.29) is 5.91 Å². The average molecular weight is 395 g/mol. The van der Waals surface area contributed by atoms with E-state index < -0.39 is 6.03 Å². The molecule has 1 heterocycles. The van der Waals surface area contributed by atoms with Crippen LogP contribution in [0.5, 0.6) is 0 Å². The normalized spacial score (nSPS) is 10.4. The molecule has 7 heteroatoms. The van der Waals surface area contributed by atoms with Crippen LogP contribution < -0.4 is 16.0 Å². The van der Waals surface area contributed by atoms with Gasteiger partial charge in [-0.15, -0.1) is 0 Å². The molecule has 6 nitrogen and oxygen atoms in total. The van der Waals surface area contributed by atoms with Gasteiger partial charge in [-0.2, -0.15) is 0 Å². The Kier molecular flexibility index (Phi) is 5.75. The molecule has 0 spiro atoms. The molecule has 0 aliphatic carbocycles. The van der Waals surface area contributed by atoms with Gasteiger partial charge in [-0.25, -0.2) is 9.78 Å². The van der Waals surface area contributed by atoms with Crippen molar-refractivity contribution in [3.8, 4) is 0 Å². The highest BCUT2D eigenvalue weighted by atomic mass is 32.1. The van der Waals surface area contributed by atoms with Gasteiger partial charge < -0.3 is 10.6 Å². The summed E-state index contributed by atoms with van der Waals surface area (Å²) in [4.78, 5) is 29.5. The number of thiazole rings is 1. The number of hydrogen-bond donors (Lipinski definition) is 3. The van der Waals surface area contributed by atoms with Crippen LogP contribution in [0.15, 0.2) is 42.5 Å². The van der Waals surface area contributed by atoms with Crippen molar-refractivity contribution >= 4 is 39.8 Å². The molecule has 0 aliphatic heterocycles. The SMILES string of the molecule is Cc1cccc(NC(=O)Nc2nc(C)c(C(=O)Nc3ccc(C)c(C)c3)s2)c1. The summed E-state index contributed by atoms with van der Waals surface area (Å²) < 4.78 is 0. The van der Waals surface area contributed by atoms with E-state index in [1.54, 1.807) is 6.92 Å². The van der Waals surface area contributed by atoms with Gasteiger partial charge in [-0.1, -0.05) is 29.5 Å². The maximum absolute atomic E-state index is 12.6. The summed E-state index contributed by atoms with van der Waals surface area (Å²) in [7, 11) is 0. The summed E-state index contributed by atoms with van der Waals surface area (Å²) in [5.41, 5.74) is 5.31. The van der Waals surface area contributed by atoms with Gasteiger partial charge in [0, 0.05) is 11.4 Å². The van der Waals surface area contributed by atoms with E-state index in [0.717, 1.165) is 33.7 Å². The highest BCUT2D eigenvalue weighted by Gasteiger charge is 2.17. The molecule has 0 saturated carbocycles. The van der Waals surface area contributed by atoms with Gasteiger partial charge in [0.05, 0.1) is 5.69 Å². The zero-order valence-electron chi connectivity index (χ0n) is 16.2. The largest absolute Gasteiger partial charge is 0.325 e. The van der Waals surface area contributed by atoms with E-state index in [0.29, 0.717) is 21.4 Å². The minimum Gasteiger partial charge on any atom is -0.321 e. The predicted molar refractivity (Wildman–Crippen MR) is 115 cm³/mol. The molecule has 0 unspecified atom stereocenters. The molecule has 2 aromatic carbocycles. The average Bonchev–Trinajstić information content (AvgIpc) is 2.98. The van der Waals surface area contributed by atoms with E-state index in [4.69, 9.17) is 0 Å². The molecule has 0 fully saturated rings. The van der Waals surface area contributed by atoms with Crippen LogP contribution in [-0.4, -0.2) is 16.9 Å². The van der Waals surface area contributed by atoms with E-state index in [2.05, 4.69) is 20.9 Å². The fraction of sp³-hybridized carbons (Fsp3) is 0.190. The van der Waals surface area contributed by atoms with E-state index in [1.807, 2.05) is 63.2 Å². The number of aromatic nitrogens is 1. The smallest absolute Gasteiger partial charge is 0.321 e. The molecule has 3 amide bonds. The quantitative estimate of drug-likeness (QED) is 0.563. The third-order valence-corrected chi connectivity index (χ3v) is 5.34. The van der Waals surface area contributed by atoms with Crippen LogP contribution in [-0.2, 0) is 0 Å². The van der Waals surface area contributed by atoms with Crippen molar-refractivity contribution in [3.05, 3.63) is 69.7 Å². The lowest BCUT2D eigenvalue weighted by Gasteiger charge is -2.07. The predicted octanol–water partition coefficient (Wildman–Crippen LogP) is 5.27. The van der Waals surface area contributed by atoms with Crippen molar-refractivity contribution in [1.29, 1.82) is 0 Å². The fourth-order valence-corrected chi connectivity index (χ4v) is 3.51. The number of anilines is 3. The highest BCUT2D eigenvalue weighted by molar-refractivity contribution is 7.17. The van der Waals surface area contributed by atoms with Crippen LogP contribution in [0.3, 0.4) is 0 Å². The second kappa shape index (κ2) is 8.22. The van der Waals surface area contributed by atoms with Gasteiger partial charge in [0.15, 0.2) is 5.13 Å². The van der Waals surface area contributed by atoms with E-state index in [9.17, 15) is 9.59 Å². The first-order chi connectivity index (χ1) is 13.3. The van der Waals surface area contributed by atoms with Gasteiger partial charge in [-0.05, 0) is 68.7 Å². The van der Waals surface area contributed by atoms with E-state index in [1.165, 1.54) is 0 Å². The zero-order chi connectivity index (χ0) is 20.3. The number of nitrogens with one attached hydrogen (secondary N) is 3. The number of carbonyl (C=O) groups is 2. The van der Waals surface area contributed by atoms with Crippen LogP contribution >= 0.6 is 11.3 Å². The van der Waals surface area contributed by atoms with Gasteiger partial charge in [0.2, 0.25) is 0 Å². The third kappa shape index (κ3) is 4.75. The van der Waals surface area contributed by atoms with Crippen molar-refractivity contribution in [2.45, 2.75) is 27.7 Å². The van der Waals surface area contributed by atoms with Gasteiger partial charge in [-0.3, -0.25) is 10.1 Å². The maximum Gasteiger partial charge on any atom is 0.325 e. The Balaban J connectivity index is 1.67. The minimum absolute atomic E-state index is 0.245. The lowest BCUT2D eigenvalue weighted by molar-refractivity contribution is 0.103. The summed E-state index contributed by atoms with van der Waals surface area (Å²) in [6, 6.07) is 12.9. The summed E-state index contributed by atoms with van der Waals surface area (Å²) in [6.07, 6.45) is 0. The Labute approximate surface area is 168 Å². The first kappa shape index (κ1) is 19.6. The molecule has 1 aromatic heterocycles. The number of urea groups is 1. The molecule has 0 aliphatic rings. The Bertz CT molecular complexity index is 1040. The van der Waals surface area contributed by atoms with Crippen molar-refractivity contribution in [3.63, 3.8) is 0 Å². The molecule has 0 bridgehead atoms. The Morgan fingerprint density at radius 2 is 1.61 bits per heavy atom. The molecular formula is C21H22N4O2S. The molecule has 3 aromatic rings. The fourth-order valence-electron chi connectivity index (χ4n) is 2.65. The van der Waals surface area contributed by atoms with Gasteiger partial charge in [0.25, 0.3) is 5.91 Å². The van der Waals surface area contributed by atoms with E-state index >= 15 is 0 Å².